The van der Waals surface area contributed by atoms with Gasteiger partial charge >= 0.3 is 0 Å². The highest BCUT2D eigenvalue weighted by atomic mass is 16.3. The van der Waals surface area contributed by atoms with E-state index in [1.165, 1.54) is 0 Å². The van der Waals surface area contributed by atoms with Crippen molar-refractivity contribution in [2.45, 2.75) is 51.3 Å². The lowest BCUT2D eigenvalue weighted by atomic mass is 9.92. The fourth-order valence-corrected chi connectivity index (χ4v) is 1.10. The maximum atomic E-state index is 9.71. The highest BCUT2D eigenvalue weighted by Crippen LogP contribution is 2.15. The van der Waals surface area contributed by atoms with E-state index >= 15 is 0 Å². The Morgan fingerprint density at radius 3 is 1.86 bits per heavy atom. The largest absolute Gasteiger partial charge is 0.394 e. The van der Waals surface area contributed by atoms with E-state index in [1.54, 1.807) is 13.8 Å². The van der Waals surface area contributed by atoms with Crippen LogP contribution in [0, 0.1) is 0 Å². The maximum Gasteiger partial charge on any atom is 0.0741 e. The average Bonchev–Trinajstić information content (AvgIpc) is 2.12. The molecule has 1 unspecified atom stereocenters. The number of hydrogen-bond donors (Lipinski definition) is 4. The van der Waals surface area contributed by atoms with Gasteiger partial charge in [-0.2, -0.15) is 0 Å². The summed E-state index contributed by atoms with van der Waals surface area (Å²) >= 11 is 0. The summed E-state index contributed by atoms with van der Waals surface area (Å²) in [6.45, 7) is 6.83. The van der Waals surface area contributed by atoms with Crippen molar-refractivity contribution in [3.05, 3.63) is 0 Å². The van der Waals surface area contributed by atoms with Crippen LogP contribution in [0.15, 0.2) is 0 Å². The molecule has 0 aromatic heterocycles. The molecule has 0 aromatic rings. The molecule has 0 heterocycles. The van der Waals surface area contributed by atoms with Crippen molar-refractivity contribution in [1.82, 2.24) is 5.32 Å². The average molecular weight is 205 g/mol. The number of aliphatic hydroxyl groups is 3. The van der Waals surface area contributed by atoms with Crippen molar-refractivity contribution >= 4 is 0 Å². The maximum absolute atomic E-state index is 9.71. The normalized spacial score (nSPS) is 15.6. The number of aliphatic hydroxyl groups excluding tert-OH is 2. The Balaban J connectivity index is 4.45. The highest BCUT2D eigenvalue weighted by molar-refractivity contribution is 4.92. The Hall–Kier alpha value is -0.160. The molecule has 0 rings (SSSR count). The molecule has 0 amide bonds. The van der Waals surface area contributed by atoms with Crippen molar-refractivity contribution in [3.63, 3.8) is 0 Å². The predicted octanol–water partition coefficient (Wildman–Crippen LogP) is -0.131. The number of rotatable bonds is 6. The third-order valence-corrected chi connectivity index (χ3v) is 2.86. The Morgan fingerprint density at radius 1 is 1.21 bits per heavy atom. The highest BCUT2D eigenvalue weighted by Gasteiger charge is 2.32. The first-order valence-corrected chi connectivity index (χ1v) is 5.03. The van der Waals surface area contributed by atoms with Crippen LogP contribution in [-0.4, -0.2) is 45.7 Å². The zero-order valence-electron chi connectivity index (χ0n) is 9.54. The van der Waals surface area contributed by atoms with Crippen molar-refractivity contribution in [1.29, 1.82) is 0 Å². The van der Waals surface area contributed by atoms with E-state index in [9.17, 15) is 15.3 Å². The van der Waals surface area contributed by atoms with Gasteiger partial charge in [0.25, 0.3) is 0 Å². The third-order valence-electron chi connectivity index (χ3n) is 2.86. The topological polar surface area (TPSA) is 72.7 Å². The second-order valence-electron chi connectivity index (χ2n) is 4.47. The van der Waals surface area contributed by atoms with E-state index in [0.29, 0.717) is 6.42 Å². The van der Waals surface area contributed by atoms with Crippen molar-refractivity contribution < 1.29 is 15.3 Å². The van der Waals surface area contributed by atoms with Crippen LogP contribution < -0.4 is 5.32 Å². The first-order valence-electron chi connectivity index (χ1n) is 5.03. The van der Waals surface area contributed by atoms with Gasteiger partial charge in [0.2, 0.25) is 0 Å². The zero-order chi connectivity index (χ0) is 11.4. The van der Waals surface area contributed by atoms with Gasteiger partial charge in [0.05, 0.1) is 24.4 Å². The summed E-state index contributed by atoms with van der Waals surface area (Å²) in [5.41, 5.74) is -1.57. The van der Waals surface area contributed by atoms with Crippen LogP contribution in [-0.2, 0) is 0 Å². The van der Waals surface area contributed by atoms with Crippen LogP contribution in [0.4, 0.5) is 0 Å². The van der Waals surface area contributed by atoms with Gasteiger partial charge < -0.3 is 20.6 Å². The summed E-state index contributed by atoms with van der Waals surface area (Å²) in [6, 6.07) is -0.193. The molecule has 0 fully saturated rings. The fraction of sp³-hybridized carbons (Fsp3) is 1.00. The van der Waals surface area contributed by atoms with E-state index in [1.807, 2.05) is 13.8 Å². The van der Waals surface area contributed by atoms with Crippen molar-refractivity contribution in [2.75, 3.05) is 13.2 Å². The van der Waals surface area contributed by atoms with E-state index in [2.05, 4.69) is 5.32 Å². The smallest absolute Gasteiger partial charge is 0.0741 e. The van der Waals surface area contributed by atoms with E-state index in [4.69, 9.17) is 0 Å². The molecule has 0 spiro atoms. The lowest BCUT2D eigenvalue weighted by Crippen LogP contribution is -2.59. The van der Waals surface area contributed by atoms with E-state index in [0.717, 1.165) is 0 Å². The molecule has 4 N–H and O–H groups in total. The Labute approximate surface area is 86.0 Å². The molecule has 0 bridgehead atoms. The number of hydrogen-bond acceptors (Lipinski definition) is 4. The Morgan fingerprint density at radius 2 is 1.64 bits per heavy atom. The molecule has 0 aliphatic heterocycles. The Kier molecular flexibility index (Phi) is 5.01. The summed E-state index contributed by atoms with van der Waals surface area (Å²) in [4.78, 5) is 0. The van der Waals surface area contributed by atoms with Crippen LogP contribution >= 0.6 is 0 Å². The minimum atomic E-state index is -0.870. The quantitative estimate of drug-likeness (QED) is 0.487. The summed E-state index contributed by atoms with van der Waals surface area (Å²) < 4.78 is 0. The molecular weight excluding hydrogens is 182 g/mol. The molecule has 0 aliphatic rings. The predicted molar refractivity (Wildman–Crippen MR) is 56.1 cm³/mol. The fourth-order valence-electron chi connectivity index (χ4n) is 1.10. The summed E-state index contributed by atoms with van der Waals surface area (Å²) in [7, 11) is 0. The second kappa shape index (κ2) is 5.07. The molecule has 14 heavy (non-hydrogen) atoms. The summed E-state index contributed by atoms with van der Waals surface area (Å²) in [6.07, 6.45) is 0.612. The van der Waals surface area contributed by atoms with Gasteiger partial charge in [-0.15, -0.1) is 0 Å². The SMILES string of the molecule is CCC(CO)(CO)NC(C)C(C)(C)O. The zero-order valence-corrected chi connectivity index (χ0v) is 9.54. The van der Waals surface area contributed by atoms with Gasteiger partial charge in [0, 0.05) is 6.04 Å². The van der Waals surface area contributed by atoms with Gasteiger partial charge in [-0.05, 0) is 27.2 Å². The first kappa shape index (κ1) is 13.8. The molecule has 4 nitrogen and oxygen atoms in total. The van der Waals surface area contributed by atoms with Crippen molar-refractivity contribution in [3.8, 4) is 0 Å². The van der Waals surface area contributed by atoms with Crippen LogP contribution in [0.2, 0.25) is 0 Å². The minimum Gasteiger partial charge on any atom is -0.394 e. The molecular formula is C10H23NO3. The van der Waals surface area contributed by atoms with Gasteiger partial charge in [0.15, 0.2) is 0 Å². The molecule has 86 valence electrons. The van der Waals surface area contributed by atoms with E-state index < -0.39 is 11.1 Å². The minimum absolute atomic E-state index is 0.138. The van der Waals surface area contributed by atoms with Gasteiger partial charge in [0.1, 0.15) is 0 Å². The second-order valence-corrected chi connectivity index (χ2v) is 4.47. The molecule has 0 aliphatic carbocycles. The van der Waals surface area contributed by atoms with Crippen LogP contribution in [0.3, 0.4) is 0 Å². The molecule has 0 radical (unpaired) electrons. The number of nitrogens with one attached hydrogen (secondary N) is 1. The van der Waals surface area contributed by atoms with E-state index in [-0.39, 0.29) is 19.3 Å². The van der Waals surface area contributed by atoms with Gasteiger partial charge in [-0.1, -0.05) is 6.92 Å². The third kappa shape index (κ3) is 3.53. The van der Waals surface area contributed by atoms with Crippen LogP contribution in [0.5, 0.6) is 0 Å². The van der Waals surface area contributed by atoms with Crippen LogP contribution in [0.1, 0.15) is 34.1 Å². The molecule has 1 atom stereocenters. The van der Waals surface area contributed by atoms with Crippen LogP contribution in [0.25, 0.3) is 0 Å². The lowest BCUT2D eigenvalue weighted by molar-refractivity contribution is 0.00624. The molecule has 0 saturated carbocycles. The standard InChI is InChI=1S/C10H23NO3/c1-5-10(6-12,7-13)11-8(2)9(3,4)14/h8,11-14H,5-7H2,1-4H3. The first-order chi connectivity index (χ1) is 6.31. The molecule has 0 saturated heterocycles. The summed E-state index contributed by atoms with van der Waals surface area (Å²) in [5, 5.41) is 31.2. The van der Waals surface area contributed by atoms with Gasteiger partial charge in [-0.3, -0.25) is 0 Å². The van der Waals surface area contributed by atoms with Gasteiger partial charge in [-0.25, -0.2) is 0 Å². The molecule has 4 heteroatoms. The Bertz CT molecular complexity index is 153. The molecule has 0 aromatic carbocycles. The summed E-state index contributed by atoms with van der Waals surface area (Å²) in [5.74, 6) is 0. The monoisotopic (exact) mass is 205 g/mol. The van der Waals surface area contributed by atoms with Crippen molar-refractivity contribution in [2.24, 2.45) is 0 Å². The lowest BCUT2D eigenvalue weighted by Gasteiger charge is -2.37.